The predicted molar refractivity (Wildman–Crippen MR) is 62.3 cm³/mol. The van der Waals surface area contributed by atoms with E-state index in [1.807, 2.05) is 0 Å². The third kappa shape index (κ3) is 2.69. The van der Waals surface area contributed by atoms with Crippen LogP contribution in [0.3, 0.4) is 0 Å². The third-order valence-electron chi connectivity index (χ3n) is 1.43. The van der Waals surface area contributed by atoms with Gasteiger partial charge in [0.15, 0.2) is 5.78 Å². The molecule has 0 atom stereocenters. The summed E-state index contributed by atoms with van der Waals surface area (Å²) in [5, 5.41) is 1.07. The van der Waals surface area contributed by atoms with Crippen LogP contribution in [-0.2, 0) is 0 Å². The molecule has 0 amide bonds. The van der Waals surface area contributed by atoms with Crippen molar-refractivity contribution in [2.75, 3.05) is 5.33 Å². The molecule has 1 nitrogen and oxygen atoms in total. The first-order chi connectivity index (χ1) is 6.06. The van der Waals surface area contributed by atoms with Crippen LogP contribution in [0.4, 0.5) is 0 Å². The lowest BCUT2D eigenvalue weighted by molar-refractivity contribution is 0.102. The summed E-state index contributed by atoms with van der Waals surface area (Å²) >= 11 is 17.9. The molecule has 13 heavy (non-hydrogen) atoms. The maximum Gasteiger partial charge on any atom is 0.173 e. The highest BCUT2D eigenvalue weighted by Gasteiger charge is 2.09. The van der Waals surface area contributed by atoms with Gasteiger partial charge >= 0.3 is 0 Å². The number of rotatable bonds is 2. The first kappa shape index (κ1) is 11.5. The van der Waals surface area contributed by atoms with Crippen LogP contribution in [0, 0.1) is 0 Å². The summed E-state index contributed by atoms with van der Waals surface area (Å²) in [4.78, 5) is 11.3. The third-order valence-corrected chi connectivity index (χ3v) is 3.59. The molecule has 0 N–H and O–H groups in total. The van der Waals surface area contributed by atoms with Gasteiger partial charge in [0.25, 0.3) is 0 Å². The Balaban J connectivity index is 3.20. The maximum atomic E-state index is 11.3. The highest BCUT2D eigenvalue weighted by atomic mass is 79.9. The number of carbonyl (C=O) groups is 1. The van der Waals surface area contributed by atoms with Crippen molar-refractivity contribution < 1.29 is 4.79 Å². The summed E-state index contributed by atoms with van der Waals surface area (Å²) in [5.74, 6) is -0.0285. The number of hydrogen-bond donors (Lipinski definition) is 0. The van der Waals surface area contributed by atoms with E-state index in [1.165, 1.54) is 0 Å². The number of ketones is 1. The van der Waals surface area contributed by atoms with E-state index in [0.29, 0.717) is 20.1 Å². The van der Waals surface area contributed by atoms with Crippen molar-refractivity contribution in [3.63, 3.8) is 0 Å². The molecule has 1 aromatic rings. The van der Waals surface area contributed by atoms with E-state index >= 15 is 0 Å². The Morgan fingerprint density at radius 3 is 2.46 bits per heavy atom. The van der Waals surface area contributed by atoms with Crippen LogP contribution >= 0.6 is 55.1 Å². The fraction of sp³-hybridized carbons (Fsp3) is 0.125. The largest absolute Gasteiger partial charge is 0.293 e. The average molecular weight is 347 g/mol. The molecule has 1 rings (SSSR count). The summed E-state index contributed by atoms with van der Waals surface area (Å²) in [5.41, 5.74) is 0.540. The number of halogens is 4. The van der Waals surface area contributed by atoms with Gasteiger partial charge in [-0.25, -0.2) is 0 Å². The Labute approximate surface area is 103 Å². The number of carbonyl (C=O) groups excluding carboxylic acids is 1. The molecule has 5 heteroatoms. The van der Waals surface area contributed by atoms with Gasteiger partial charge < -0.3 is 0 Å². The predicted octanol–water partition coefficient (Wildman–Crippen LogP) is 4.33. The van der Waals surface area contributed by atoms with Crippen LogP contribution < -0.4 is 0 Å². The Morgan fingerprint density at radius 1 is 1.38 bits per heavy atom. The molecule has 0 aliphatic heterocycles. The van der Waals surface area contributed by atoms with Crippen molar-refractivity contribution in [1.29, 1.82) is 0 Å². The lowest BCUT2D eigenvalue weighted by Gasteiger charge is -2.02. The van der Waals surface area contributed by atoms with Crippen molar-refractivity contribution in [1.82, 2.24) is 0 Å². The van der Waals surface area contributed by atoms with Crippen LogP contribution in [0.15, 0.2) is 16.6 Å². The first-order valence-electron chi connectivity index (χ1n) is 3.30. The van der Waals surface area contributed by atoms with Gasteiger partial charge in [-0.2, -0.15) is 0 Å². The summed E-state index contributed by atoms with van der Waals surface area (Å²) in [6.07, 6.45) is 0. The highest BCUT2D eigenvalue weighted by molar-refractivity contribution is 9.10. The summed E-state index contributed by atoms with van der Waals surface area (Å²) in [6, 6.07) is 3.20. The Morgan fingerprint density at radius 2 is 2.00 bits per heavy atom. The molecular formula is C8H4Br2Cl2O. The minimum Gasteiger partial charge on any atom is -0.293 e. The molecule has 0 radical (unpaired) electrons. The molecule has 0 spiro atoms. The highest BCUT2D eigenvalue weighted by Crippen LogP contribution is 2.31. The van der Waals surface area contributed by atoms with E-state index in [-0.39, 0.29) is 11.1 Å². The molecule has 0 saturated carbocycles. The minimum atomic E-state index is -0.0285. The molecule has 1 aromatic carbocycles. The van der Waals surface area contributed by atoms with Gasteiger partial charge in [0, 0.05) is 10.0 Å². The van der Waals surface area contributed by atoms with Crippen LogP contribution in [0.1, 0.15) is 10.4 Å². The number of Topliss-reactive ketones (excluding diaryl/α,β-unsaturated/α-hetero) is 1. The molecule has 0 bridgehead atoms. The lowest BCUT2D eigenvalue weighted by Crippen LogP contribution is -1.99. The molecule has 0 aliphatic carbocycles. The minimum absolute atomic E-state index is 0.0285. The van der Waals surface area contributed by atoms with E-state index < -0.39 is 0 Å². The first-order valence-corrected chi connectivity index (χ1v) is 5.97. The van der Waals surface area contributed by atoms with Crippen LogP contribution in [-0.4, -0.2) is 11.1 Å². The van der Waals surface area contributed by atoms with Crippen LogP contribution in [0.25, 0.3) is 0 Å². The summed E-state index contributed by atoms with van der Waals surface area (Å²) < 4.78 is 0.631. The summed E-state index contributed by atoms with van der Waals surface area (Å²) in [7, 11) is 0. The van der Waals surface area contributed by atoms with Crippen molar-refractivity contribution in [2.24, 2.45) is 0 Å². The second-order valence-electron chi connectivity index (χ2n) is 2.31. The molecule has 0 unspecified atom stereocenters. The maximum absolute atomic E-state index is 11.3. The van der Waals surface area contributed by atoms with Crippen molar-refractivity contribution in [2.45, 2.75) is 0 Å². The second-order valence-corrected chi connectivity index (χ2v) is 4.51. The fourth-order valence-corrected chi connectivity index (χ4v) is 2.02. The number of alkyl halides is 1. The lowest BCUT2D eigenvalue weighted by atomic mass is 10.1. The Kier molecular flexibility index (Phi) is 4.23. The van der Waals surface area contributed by atoms with E-state index in [9.17, 15) is 4.79 Å². The van der Waals surface area contributed by atoms with Crippen molar-refractivity contribution >= 4 is 60.8 Å². The molecular weight excluding hydrogens is 343 g/mol. The fourth-order valence-electron chi connectivity index (χ4n) is 0.794. The van der Waals surface area contributed by atoms with Gasteiger partial charge in [-0.15, -0.1) is 0 Å². The van der Waals surface area contributed by atoms with Gasteiger partial charge in [-0.3, -0.25) is 4.79 Å². The van der Waals surface area contributed by atoms with E-state index in [1.54, 1.807) is 12.1 Å². The van der Waals surface area contributed by atoms with Gasteiger partial charge in [-0.05, 0) is 28.1 Å². The average Bonchev–Trinajstić information content (AvgIpc) is 2.12. The van der Waals surface area contributed by atoms with E-state index in [2.05, 4.69) is 31.9 Å². The molecule has 0 aromatic heterocycles. The van der Waals surface area contributed by atoms with E-state index in [4.69, 9.17) is 23.2 Å². The molecule has 0 saturated heterocycles. The number of benzene rings is 1. The standard InChI is InChI=1S/C8H4Br2Cl2O/c9-3-7(13)4-1-5(10)8(12)6(11)2-4/h1-2H,3H2. The Bertz CT molecular complexity index is 329. The smallest absolute Gasteiger partial charge is 0.173 e. The second kappa shape index (κ2) is 4.78. The zero-order chi connectivity index (χ0) is 10.0. The zero-order valence-electron chi connectivity index (χ0n) is 6.28. The Hall–Kier alpha value is 0.430. The van der Waals surface area contributed by atoms with Gasteiger partial charge in [0.2, 0.25) is 0 Å². The molecule has 0 aliphatic rings. The zero-order valence-corrected chi connectivity index (χ0v) is 11.0. The molecule has 0 fully saturated rings. The van der Waals surface area contributed by atoms with Gasteiger partial charge in [-0.1, -0.05) is 39.1 Å². The normalized spacial score (nSPS) is 10.2. The molecule has 0 heterocycles. The SMILES string of the molecule is O=C(CBr)c1cc(Cl)c(Cl)c(Br)c1. The topological polar surface area (TPSA) is 17.1 Å². The van der Waals surface area contributed by atoms with Gasteiger partial charge in [0.1, 0.15) is 0 Å². The summed E-state index contributed by atoms with van der Waals surface area (Å²) in [6.45, 7) is 0. The quantitative estimate of drug-likeness (QED) is 0.442. The van der Waals surface area contributed by atoms with Crippen LogP contribution in [0.5, 0.6) is 0 Å². The van der Waals surface area contributed by atoms with Crippen molar-refractivity contribution in [3.8, 4) is 0 Å². The van der Waals surface area contributed by atoms with Crippen LogP contribution in [0.2, 0.25) is 10.0 Å². The van der Waals surface area contributed by atoms with Crippen molar-refractivity contribution in [3.05, 3.63) is 32.2 Å². The number of hydrogen-bond acceptors (Lipinski definition) is 1. The van der Waals surface area contributed by atoms with Gasteiger partial charge in [0.05, 0.1) is 15.4 Å². The molecule has 70 valence electrons. The monoisotopic (exact) mass is 344 g/mol. The van der Waals surface area contributed by atoms with E-state index in [0.717, 1.165) is 0 Å².